The molecule has 0 aliphatic carbocycles. The maximum Gasteiger partial charge on any atom is 0.418 e. The van der Waals surface area contributed by atoms with Crippen molar-refractivity contribution in [1.82, 2.24) is 0 Å². The van der Waals surface area contributed by atoms with Gasteiger partial charge in [-0.3, -0.25) is 0 Å². The van der Waals surface area contributed by atoms with Crippen LogP contribution in [0.1, 0.15) is 11.1 Å². The molecular formula is C14H13F3N2O4S2. The molecule has 0 saturated heterocycles. The first-order valence-electron chi connectivity index (χ1n) is 6.62. The Bertz CT molecular complexity index is 1020. The Kier molecular flexibility index (Phi) is 4.86. The number of primary sulfonamides is 1. The maximum atomic E-state index is 12.9. The van der Waals surface area contributed by atoms with Gasteiger partial charge in [0.15, 0.2) is 9.84 Å². The minimum atomic E-state index is -4.83. The SMILES string of the molecule is Nc1ccc(S(=O)(=O)Cc2ccccc2S(N)(=O)=O)cc1C(F)(F)F. The van der Waals surface area contributed by atoms with Crippen LogP contribution >= 0.6 is 0 Å². The van der Waals surface area contributed by atoms with Crippen molar-refractivity contribution in [3.05, 3.63) is 53.6 Å². The van der Waals surface area contributed by atoms with Crippen molar-refractivity contribution in [2.75, 3.05) is 5.73 Å². The number of halogens is 3. The fourth-order valence-corrected chi connectivity index (χ4v) is 4.43. The topological polar surface area (TPSA) is 120 Å². The van der Waals surface area contributed by atoms with Gasteiger partial charge in [-0.1, -0.05) is 18.2 Å². The van der Waals surface area contributed by atoms with Crippen molar-refractivity contribution < 1.29 is 30.0 Å². The molecule has 2 aromatic rings. The zero-order valence-electron chi connectivity index (χ0n) is 12.5. The second-order valence-corrected chi connectivity index (χ2v) is 8.68. The van der Waals surface area contributed by atoms with Gasteiger partial charge in [-0.2, -0.15) is 13.2 Å². The molecule has 2 aromatic carbocycles. The molecule has 0 saturated carbocycles. The molecule has 4 N–H and O–H groups in total. The summed E-state index contributed by atoms with van der Waals surface area (Å²) in [7, 11) is -8.46. The van der Waals surface area contributed by atoms with Crippen LogP contribution in [-0.4, -0.2) is 16.8 Å². The number of sulfone groups is 1. The van der Waals surface area contributed by atoms with Crippen molar-refractivity contribution in [3.63, 3.8) is 0 Å². The van der Waals surface area contributed by atoms with Gasteiger partial charge < -0.3 is 5.73 Å². The zero-order valence-corrected chi connectivity index (χ0v) is 14.1. The van der Waals surface area contributed by atoms with Crippen LogP contribution < -0.4 is 10.9 Å². The molecule has 0 heterocycles. The average Bonchev–Trinajstić information content (AvgIpc) is 2.45. The minimum absolute atomic E-state index is 0.143. The van der Waals surface area contributed by atoms with E-state index in [-0.39, 0.29) is 5.56 Å². The van der Waals surface area contributed by atoms with Crippen LogP contribution in [0.15, 0.2) is 52.3 Å². The molecule has 6 nitrogen and oxygen atoms in total. The summed E-state index contributed by atoms with van der Waals surface area (Å²) >= 11 is 0. The third-order valence-corrected chi connectivity index (χ3v) is 5.99. The number of benzene rings is 2. The standard InChI is InChI=1S/C14H13F3N2O4S2/c15-14(16,17)11-7-10(5-6-12(11)18)24(20,21)8-9-3-1-2-4-13(9)25(19,22)23/h1-7H,8,18H2,(H2,19,22,23). The first-order chi connectivity index (χ1) is 11.3. The molecule has 0 aliphatic heterocycles. The fourth-order valence-electron chi connectivity index (χ4n) is 2.16. The molecule has 0 spiro atoms. The Morgan fingerprint density at radius 2 is 1.56 bits per heavy atom. The second-order valence-electron chi connectivity index (χ2n) is 5.16. The first-order valence-corrected chi connectivity index (χ1v) is 9.82. The van der Waals surface area contributed by atoms with Crippen LogP contribution in [0.3, 0.4) is 0 Å². The van der Waals surface area contributed by atoms with Crippen LogP contribution in [0.25, 0.3) is 0 Å². The van der Waals surface area contributed by atoms with Crippen molar-refractivity contribution in [3.8, 4) is 0 Å². The number of nitrogen functional groups attached to an aromatic ring is 1. The van der Waals surface area contributed by atoms with Crippen molar-refractivity contribution >= 4 is 25.5 Å². The number of nitrogens with two attached hydrogens (primary N) is 2. The quantitative estimate of drug-likeness (QED) is 0.768. The lowest BCUT2D eigenvalue weighted by molar-refractivity contribution is -0.137. The van der Waals surface area contributed by atoms with Crippen LogP contribution in [-0.2, 0) is 31.8 Å². The molecule has 0 aromatic heterocycles. The van der Waals surface area contributed by atoms with Gasteiger partial charge in [0, 0.05) is 5.69 Å². The zero-order chi connectivity index (χ0) is 19.0. The van der Waals surface area contributed by atoms with E-state index >= 15 is 0 Å². The Hall–Kier alpha value is -2.11. The monoisotopic (exact) mass is 394 g/mol. The molecule has 0 unspecified atom stereocenters. The van der Waals surface area contributed by atoms with Gasteiger partial charge >= 0.3 is 6.18 Å². The number of rotatable bonds is 4. The minimum Gasteiger partial charge on any atom is -0.398 e. The summed E-state index contributed by atoms with van der Waals surface area (Å²) in [6.07, 6.45) is -4.83. The molecule has 0 bridgehead atoms. The number of alkyl halides is 3. The summed E-state index contributed by atoms with van der Waals surface area (Å²) in [4.78, 5) is -1.04. The van der Waals surface area contributed by atoms with E-state index in [2.05, 4.69) is 0 Å². The van der Waals surface area contributed by atoms with E-state index < -0.39 is 52.8 Å². The molecule has 136 valence electrons. The normalized spacial score (nSPS) is 13.0. The van der Waals surface area contributed by atoms with Gasteiger partial charge in [-0.15, -0.1) is 0 Å². The van der Waals surface area contributed by atoms with Crippen LogP contribution in [0.5, 0.6) is 0 Å². The van der Waals surface area contributed by atoms with E-state index in [0.29, 0.717) is 6.07 Å². The van der Waals surface area contributed by atoms with E-state index in [1.807, 2.05) is 0 Å². The van der Waals surface area contributed by atoms with Gasteiger partial charge in [0.25, 0.3) is 0 Å². The van der Waals surface area contributed by atoms with Crippen LogP contribution in [0.4, 0.5) is 18.9 Å². The largest absolute Gasteiger partial charge is 0.418 e. The van der Waals surface area contributed by atoms with E-state index in [9.17, 15) is 30.0 Å². The number of hydrogen-bond donors (Lipinski definition) is 2. The second kappa shape index (κ2) is 6.32. The molecule has 0 atom stereocenters. The molecule has 0 fully saturated rings. The summed E-state index contributed by atoms with van der Waals surface area (Å²) < 4.78 is 86.6. The molecule has 25 heavy (non-hydrogen) atoms. The van der Waals surface area contributed by atoms with Crippen LogP contribution in [0, 0.1) is 0 Å². The predicted molar refractivity (Wildman–Crippen MR) is 84.6 cm³/mol. The summed E-state index contributed by atoms with van der Waals surface area (Å²) in [6, 6.07) is 7.26. The van der Waals surface area contributed by atoms with Crippen molar-refractivity contribution in [1.29, 1.82) is 0 Å². The first kappa shape index (κ1) is 19.2. The highest BCUT2D eigenvalue weighted by molar-refractivity contribution is 7.91. The van der Waals surface area contributed by atoms with E-state index in [1.54, 1.807) is 0 Å². The lowest BCUT2D eigenvalue weighted by Gasteiger charge is -2.13. The summed E-state index contributed by atoms with van der Waals surface area (Å²) in [5, 5.41) is 5.03. The highest BCUT2D eigenvalue weighted by Crippen LogP contribution is 2.35. The maximum absolute atomic E-state index is 12.9. The summed E-state index contributed by atoms with van der Waals surface area (Å²) in [6.45, 7) is 0. The third kappa shape index (κ3) is 4.30. The van der Waals surface area contributed by atoms with Crippen LogP contribution in [0.2, 0.25) is 0 Å². The van der Waals surface area contributed by atoms with E-state index in [0.717, 1.165) is 18.2 Å². The van der Waals surface area contributed by atoms with Gasteiger partial charge in [0.05, 0.1) is 21.1 Å². The summed E-state index contributed by atoms with van der Waals surface area (Å²) in [5.41, 5.74) is 3.20. The highest BCUT2D eigenvalue weighted by Gasteiger charge is 2.34. The average molecular weight is 394 g/mol. The van der Waals surface area contributed by atoms with E-state index in [4.69, 9.17) is 10.9 Å². The van der Waals surface area contributed by atoms with Gasteiger partial charge in [-0.05, 0) is 29.8 Å². The summed E-state index contributed by atoms with van der Waals surface area (Å²) in [5.74, 6) is -0.833. The smallest absolute Gasteiger partial charge is 0.398 e. The molecule has 11 heteroatoms. The molecular weight excluding hydrogens is 381 g/mol. The Morgan fingerprint density at radius 1 is 0.960 bits per heavy atom. The lowest BCUT2D eigenvalue weighted by Crippen LogP contribution is -2.17. The Morgan fingerprint density at radius 3 is 2.12 bits per heavy atom. The third-order valence-electron chi connectivity index (χ3n) is 3.31. The lowest BCUT2D eigenvalue weighted by atomic mass is 10.2. The van der Waals surface area contributed by atoms with Gasteiger partial charge in [0.1, 0.15) is 0 Å². The Balaban J connectivity index is 2.53. The van der Waals surface area contributed by atoms with Crippen molar-refractivity contribution in [2.24, 2.45) is 5.14 Å². The highest BCUT2D eigenvalue weighted by atomic mass is 32.2. The fraction of sp³-hybridized carbons (Fsp3) is 0.143. The molecule has 0 radical (unpaired) electrons. The number of hydrogen-bond acceptors (Lipinski definition) is 5. The van der Waals surface area contributed by atoms with Gasteiger partial charge in [-0.25, -0.2) is 22.0 Å². The molecule has 0 amide bonds. The Labute approximate surface area is 142 Å². The predicted octanol–water partition coefficient (Wildman–Crippen LogP) is 1.91. The van der Waals surface area contributed by atoms with Crippen molar-refractivity contribution in [2.45, 2.75) is 21.7 Å². The van der Waals surface area contributed by atoms with Gasteiger partial charge in [0.2, 0.25) is 10.0 Å². The van der Waals surface area contributed by atoms with E-state index in [1.165, 1.54) is 18.2 Å². The number of sulfonamides is 1. The number of anilines is 1. The molecule has 2 rings (SSSR count). The molecule has 0 aliphatic rings.